The van der Waals surface area contributed by atoms with E-state index in [2.05, 4.69) is 0 Å². The highest BCUT2D eigenvalue weighted by molar-refractivity contribution is 7.61. The largest absolute Gasteiger partial charge is 0.416 e. The molecule has 4 aromatic carbocycles. The Morgan fingerprint density at radius 2 is 1.03 bits per heavy atom. The van der Waals surface area contributed by atoms with Gasteiger partial charge in [0.15, 0.2) is 16.9 Å². The summed E-state index contributed by atoms with van der Waals surface area (Å²) in [7, 11) is -2.09. The molecule has 0 heterocycles. The van der Waals surface area contributed by atoms with Gasteiger partial charge >= 0.3 is 7.80 Å². The number of ketones is 2. The van der Waals surface area contributed by atoms with Gasteiger partial charge in [0.2, 0.25) is 5.30 Å². The van der Waals surface area contributed by atoms with Gasteiger partial charge in [-0.05, 0) is 88.1 Å². The number of hydrogen-bond donors (Lipinski definition) is 0. The highest BCUT2D eigenvalue weighted by Gasteiger charge is 2.35. The van der Waals surface area contributed by atoms with Crippen LogP contribution in [-0.2, 0) is 4.57 Å². The van der Waals surface area contributed by atoms with Crippen LogP contribution in [0.15, 0.2) is 72.8 Å². The third-order valence-electron chi connectivity index (χ3n) is 6.53. The van der Waals surface area contributed by atoms with Crippen molar-refractivity contribution in [3.05, 3.63) is 128 Å². The SMILES string of the molecule is Cc1cc(C)c(C(=O)c2cccc([P+](=O)c3ccccc3)c2C(=O)c2c(C)cc(C)cc2C)c(C)c1. The zero-order valence-corrected chi connectivity index (χ0v) is 22.5. The Kier molecular flexibility index (Phi) is 7.15. The van der Waals surface area contributed by atoms with E-state index in [0.717, 1.165) is 33.4 Å². The molecule has 1 unspecified atom stereocenters. The van der Waals surface area contributed by atoms with Crippen molar-refractivity contribution in [3.63, 3.8) is 0 Å². The standard InChI is InChI=1S/C32H30O3P/c1-19-15-21(3)28(22(4)16-19)31(33)26-13-10-14-27(36(35)25-11-8-7-9-12-25)30(26)32(34)29-23(5)17-20(2)18-24(29)6/h7-18H,1-6H3/q+1. The molecule has 0 spiro atoms. The van der Waals surface area contributed by atoms with Crippen LogP contribution in [-0.4, -0.2) is 11.6 Å². The monoisotopic (exact) mass is 493 g/mol. The third kappa shape index (κ3) is 4.72. The van der Waals surface area contributed by atoms with E-state index in [1.165, 1.54) is 0 Å². The second-order valence-electron chi connectivity index (χ2n) is 9.54. The first-order valence-electron chi connectivity index (χ1n) is 12.0. The van der Waals surface area contributed by atoms with Gasteiger partial charge in [-0.15, -0.1) is 0 Å². The second kappa shape index (κ2) is 10.1. The third-order valence-corrected chi connectivity index (χ3v) is 8.11. The van der Waals surface area contributed by atoms with Crippen LogP contribution in [0, 0.1) is 41.5 Å². The Morgan fingerprint density at radius 3 is 1.53 bits per heavy atom. The van der Waals surface area contributed by atoms with Gasteiger partial charge in [-0.2, -0.15) is 0 Å². The van der Waals surface area contributed by atoms with Crippen LogP contribution in [0.5, 0.6) is 0 Å². The van der Waals surface area contributed by atoms with Crippen LogP contribution in [0.2, 0.25) is 0 Å². The molecule has 0 radical (unpaired) electrons. The molecule has 0 amide bonds. The zero-order valence-electron chi connectivity index (χ0n) is 21.6. The second-order valence-corrected chi connectivity index (χ2v) is 11.1. The van der Waals surface area contributed by atoms with E-state index in [9.17, 15) is 14.2 Å². The molecule has 0 saturated heterocycles. The van der Waals surface area contributed by atoms with Crippen molar-refractivity contribution in [1.29, 1.82) is 0 Å². The van der Waals surface area contributed by atoms with Crippen molar-refractivity contribution in [1.82, 2.24) is 0 Å². The molecule has 4 rings (SSSR count). The Morgan fingerprint density at radius 1 is 0.556 bits per heavy atom. The zero-order chi connectivity index (χ0) is 26.1. The summed E-state index contributed by atoms with van der Waals surface area (Å²) < 4.78 is 13.8. The summed E-state index contributed by atoms with van der Waals surface area (Å²) in [4.78, 5) is 28.3. The van der Waals surface area contributed by atoms with Gasteiger partial charge in [-0.25, -0.2) is 0 Å². The number of carbonyl (C=O) groups excluding carboxylic acids is 2. The number of aryl methyl sites for hydroxylation is 6. The molecule has 180 valence electrons. The minimum Gasteiger partial charge on any atom is -0.289 e. The molecule has 0 aliphatic carbocycles. The van der Waals surface area contributed by atoms with Crippen LogP contribution >= 0.6 is 7.80 Å². The molecule has 4 heteroatoms. The predicted octanol–water partition coefficient (Wildman–Crippen LogP) is 6.78. The van der Waals surface area contributed by atoms with Crippen LogP contribution in [0.3, 0.4) is 0 Å². The number of benzene rings is 4. The summed E-state index contributed by atoms with van der Waals surface area (Å²) >= 11 is 0. The quantitative estimate of drug-likeness (QED) is 0.220. The maximum Gasteiger partial charge on any atom is 0.416 e. The minimum atomic E-state index is -2.09. The normalized spacial score (nSPS) is 11.3. The lowest BCUT2D eigenvalue weighted by Crippen LogP contribution is -2.23. The molecule has 0 saturated carbocycles. The molecule has 36 heavy (non-hydrogen) atoms. The smallest absolute Gasteiger partial charge is 0.289 e. The van der Waals surface area contributed by atoms with Crippen molar-refractivity contribution < 1.29 is 14.2 Å². The van der Waals surface area contributed by atoms with Gasteiger partial charge in [0.1, 0.15) is 0 Å². The average Bonchev–Trinajstić information content (AvgIpc) is 2.82. The Hall–Kier alpha value is -3.68. The van der Waals surface area contributed by atoms with Crippen LogP contribution in [0.4, 0.5) is 0 Å². The van der Waals surface area contributed by atoms with Crippen molar-refractivity contribution in [3.8, 4) is 0 Å². The summed E-state index contributed by atoms with van der Waals surface area (Å²) in [6.07, 6.45) is 0. The van der Waals surface area contributed by atoms with E-state index in [0.29, 0.717) is 21.7 Å². The molecule has 0 aromatic heterocycles. The van der Waals surface area contributed by atoms with E-state index < -0.39 is 7.80 Å². The van der Waals surface area contributed by atoms with E-state index in [-0.39, 0.29) is 22.7 Å². The summed E-state index contributed by atoms with van der Waals surface area (Å²) in [6.45, 7) is 11.6. The highest BCUT2D eigenvalue weighted by Crippen LogP contribution is 2.30. The first-order chi connectivity index (χ1) is 17.1. The molecule has 0 bridgehead atoms. The van der Waals surface area contributed by atoms with Crippen molar-refractivity contribution >= 4 is 30.0 Å². The number of hydrogen-bond acceptors (Lipinski definition) is 3. The Balaban J connectivity index is 2.01. The fraction of sp³-hybridized carbons (Fsp3) is 0.188. The lowest BCUT2D eigenvalue weighted by molar-refractivity contribution is 0.100. The van der Waals surface area contributed by atoms with Gasteiger partial charge in [-0.3, -0.25) is 9.59 Å². The van der Waals surface area contributed by atoms with Crippen molar-refractivity contribution in [2.75, 3.05) is 0 Å². The average molecular weight is 494 g/mol. The molecule has 0 N–H and O–H groups in total. The summed E-state index contributed by atoms with van der Waals surface area (Å²) in [5, 5.41) is 1.00. The number of carbonyl (C=O) groups is 2. The van der Waals surface area contributed by atoms with Gasteiger partial charge in [-0.1, -0.05) is 64.2 Å². The maximum absolute atomic E-state index is 14.3. The lowest BCUT2D eigenvalue weighted by Gasteiger charge is -2.15. The topological polar surface area (TPSA) is 51.2 Å². The Bertz CT molecular complexity index is 1480. The first-order valence-corrected chi connectivity index (χ1v) is 13.3. The Labute approximate surface area is 214 Å². The molecule has 3 nitrogen and oxygen atoms in total. The van der Waals surface area contributed by atoms with Gasteiger partial charge in [0, 0.05) is 16.7 Å². The summed E-state index contributed by atoms with van der Waals surface area (Å²) in [5.41, 5.74) is 7.17. The molecule has 1 atom stereocenters. The van der Waals surface area contributed by atoms with E-state index in [4.69, 9.17) is 0 Å². The fourth-order valence-corrected chi connectivity index (χ4v) is 6.54. The molecule has 0 aliphatic rings. The summed E-state index contributed by atoms with van der Waals surface area (Å²) in [6, 6.07) is 22.1. The van der Waals surface area contributed by atoms with Gasteiger partial charge in [0.05, 0.1) is 5.56 Å². The summed E-state index contributed by atoms with van der Waals surface area (Å²) in [5.74, 6) is -0.500. The molecule has 4 aromatic rings. The minimum absolute atomic E-state index is 0.224. The molecule has 0 aliphatic heterocycles. The van der Waals surface area contributed by atoms with Crippen molar-refractivity contribution in [2.24, 2.45) is 0 Å². The van der Waals surface area contributed by atoms with E-state index in [1.54, 1.807) is 30.3 Å². The van der Waals surface area contributed by atoms with E-state index in [1.807, 2.05) is 84.0 Å². The number of rotatable bonds is 6. The maximum atomic E-state index is 14.3. The van der Waals surface area contributed by atoms with Crippen molar-refractivity contribution in [2.45, 2.75) is 41.5 Å². The van der Waals surface area contributed by atoms with E-state index >= 15 is 0 Å². The fourth-order valence-electron chi connectivity index (χ4n) is 5.18. The predicted molar refractivity (Wildman–Crippen MR) is 148 cm³/mol. The van der Waals surface area contributed by atoms with Gasteiger partial charge < -0.3 is 0 Å². The molecular weight excluding hydrogens is 463 g/mol. The molecule has 0 fully saturated rings. The van der Waals surface area contributed by atoms with Gasteiger partial charge in [0.25, 0.3) is 0 Å². The van der Waals surface area contributed by atoms with Crippen LogP contribution in [0.1, 0.15) is 65.2 Å². The highest BCUT2D eigenvalue weighted by atomic mass is 31.1. The van der Waals surface area contributed by atoms with Crippen LogP contribution < -0.4 is 10.6 Å². The first kappa shape index (κ1) is 25.4. The van der Waals surface area contributed by atoms with Crippen LogP contribution in [0.25, 0.3) is 0 Å². The lowest BCUT2D eigenvalue weighted by atomic mass is 9.87. The molecular formula is C32H30O3P+.